The monoisotopic (exact) mass is 195 g/mol. The molecule has 1 amide bonds. The highest BCUT2D eigenvalue weighted by atomic mass is 16.2. The van der Waals surface area contributed by atoms with Gasteiger partial charge in [0.1, 0.15) is 6.33 Å². The maximum atomic E-state index is 11.8. The van der Waals surface area contributed by atoms with Gasteiger partial charge in [-0.05, 0) is 12.8 Å². The predicted molar refractivity (Wildman–Crippen MR) is 55.1 cm³/mol. The third-order valence-corrected chi connectivity index (χ3v) is 2.60. The molecule has 0 aliphatic rings. The molecule has 0 saturated carbocycles. The summed E-state index contributed by atoms with van der Waals surface area (Å²) in [5.41, 5.74) is 0. The molecule has 1 aromatic heterocycles. The maximum Gasteiger partial charge on any atom is 0.329 e. The first-order valence-corrected chi connectivity index (χ1v) is 4.79. The number of carbonyl (C=O) groups is 1. The molecule has 0 bridgehead atoms. The summed E-state index contributed by atoms with van der Waals surface area (Å²) in [7, 11) is 1.81. The molecule has 1 heterocycles. The van der Waals surface area contributed by atoms with E-state index in [1.807, 2.05) is 14.0 Å². The SMILES string of the molecule is CC(C)C(C)N(C)C(=O)n1ccnc1. The first-order valence-electron chi connectivity index (χ1n) is 4.79. The largest absolute Gasteiger partial charge is 0.329 e. The Morgan fingerprint density at radius 1 is 1.43 bits per heavy atom. The average molecular weight is 195 g/mol. The zero-order chi connectivity index (χ0) is 10.7. The van der Waals surface area contributed by atoms with E-state index in [1.54, 1.807) is 17.3 Å². The molecule has 14 heavy (non-hydrogen) atoms. The second-order valence-electron chi connectivity index (χ2n) is 3.85. The zero-order valence-electron chi connectivity index (χ0n) is 9.14. The number of nitrogens with zero attached hydrogens (tertiary/aromatic N) is 3. The first-order chi connectivity index (χ1) is 6.54. The Balaban J connectivity index is 2.71. The standard InChI is InChI=1S/C10H17N3O/c1-8(2)9(3)12(4)10(14)13-6-5-11-7-13/h5-9H,1-4H3. The van der Waals surface area contributed by atoms with E-state index >= 15 is 0 Å². The van der Waals surface area contributed by atoms with Gasteiger partial charge in [-0.1, -0.05) is 13.8 Å². The van der Waals surface area contributed by atoms with E-state index in [4.69, 9.17) is 0 Å². The molecule has 0 fully saturated rings. The number of amides is 1. The molecule has 0 spiro atoms. The molecule has 0 aliphatic heterocycles. The fourth-order valence-electron chi connectivity index (χ4n) is 1.18. The van der Waals surface area contributed by atoms with Gasteiger partial charge in [-0.3, -0.25) is 4.57 Å². The van der Waals surface area contributed by atoms with Crippen LogP contribution in [0.3, 0.4) is 0 Å². The minimum Gasteiger partial charge on any atom is -0.324 e. The van der Waals surface area contributed by atoms with Crippen molar-refractivity contribution < 1.29 is 4.79 Å². The predicted octanol–water partition coefficient (Wildman–Crippen LogP) is 1.83. The average Bonchev–Trinajstić information content (AvgIpc) is 2.67. The Kier molecular flexibility index (Phi) is 3.28. The van der Waals surface area contributed by atoms with Crippen LogP contribution >= 0.6 is 0 Å². The van der Waals surface area contributed by atoms with Gasteiger partial charge in [-0.15, -0.1) is 0 Å². The van der Waals surface area contributed by atoms with Crippen molar-refractivity contribution in [3.63, 3.8) is 0 Å². The van der Waals surface area contributed by atoms with Gasteiger partial charge in [0.05, 0.1) is 0 Å². The van der Waals surface area contributed by atoms with E-state index in [0.717, 1.165) is 0 Å². The Bertz CT molecular complexity index is 292. The summed E-state index contributed by atoms with van der Waals surface area (Å²) in [5.74, 6) is 0.451. The van der Waals surface area contributed by atoms with Crippen molar-refractivity contribution in [3.05, 3.63) is 18.7 Å². The van der Waals surface area contributed by atoms with E-state index in [-0.39, 0.29) is 12.1 Å². The van der Waals surface area contributed by atoms with Gasteiger partial charge < -0.3 is 4.90 Å². The third kappa shape index (κ3) is 2.13. The fourth-order valence-corrected chi connectivity index (χ4v) is 1.18. The fraction of sp³-hybridized carbons (Fsp3) is 0.600. The van der Waals surface area contributed by atoms with Crippen LogP contribution in [0.2, 0.25) is 0 Å². The molecule has 0 aliphatic carbocycles. The Morgan fingerprint density at radius 3 is 2.50 bits per heavy atom. The minimum absolute atomic E-state index is 0.0382. The number of rotatable bonds is 2. The molecule has 1 atom stereocenters. The molecule has 78 valence electrons. The highest BCUT2D eigenvalue weighted by molar-refractivity contribution is 5.76. The Hall–Kier alpha value is -1.32. The van der Waals surface area contributed by atoms with Gasteiger partial charge in [0.25, 0.3) is 0 Å². The van der Waals surface area contributed by atoms with E-state index < -0.39 is 0 Å². The van der Waals surface area contributed by atoms with Crippen molar-refractivity contribution >= 4 is 6.03 Å². The second-order valence-corrected chi connectivity index (χ2v) is 3.85. The van der Waals surface area contributed by atoms with Gasteiger partial charge in [0.15, 0.2) is 0 Å². The molecular weight excluding hydrogens is 178 g/mol. The Labute approximate surface area is 84.5 Å². The van der Waals surface area contributed by atoms with Crippen molar-refractivity contribution in [1.29, 1.82) is 0 Å². The zero-order valence-corrected chi connectivity index (χ0v) is 9.14. The van der Waals surface area contributed by atoms with Gasteiger partial charge in [0.2, 0.25) is 0 Å². The molecule has 4 nitrogen and oxygen atoms in total. The molecule has 4 heteroatoms. The van der Waals surface area contributed by atoms with E-state index in [9.17, 15) is 4.79 Å². The summed E-state index contributed by atoms with van der Waals surface area (Å²) in [6.45, 7) is 6.24. The molecule has 1 aromatic rings. The number of carbonyl (C=O) groups excluding carboxylic acids is 1. The van der Waals surface area contributed by atoms with Gasteiger partial charge in [-0.2, -0.15) is 0 Å². The van der Waals surface area contributed by atoms with Crippen molar-refractivity contribution in [2.75, 3.05) is 7.05 Å². The van der Waals surface area contributed by atoms with Crippen molar-refractivity contribution in [1.82, 2.24) is 14.5 Å². The highest BCUT2D eigenvalue weighted by Crippen LogP contribution is 2.09. The van der Waals surface area contributed by atoms with Crippen LogP contribution in [0.5, 0.6) is 0 Å². The minimum atomic E-state index is -0.0382. The molecule has 1 rings (SSSR count). The quantitative estimate of drug-likeness (QED) is 0.722. The highest BCUT2D eigenvalue weighted by Gasteiger charge is 2.19. The molecule has 0 radical (unpaired) electrons. The lowest BCUT2D eigenvalue weighted by Gasteiger charge is -2.27. The summed E-state index contributed by atoms with van der Waals surface area (Å²) in [5, 5.41) is 0. The maximum absolute atomic E-state index is 11.8. The lowest BCUT2D eigenvalue weighted by Crippen LogP contribution is -2.40. The van der Waals surface area contributed by atoms with E-state index in [1.165, 1.54) is 10.9 Å². The van der Waals surface area contributed by atoms with Crippen LogP contribution in [0, 0.1) is 5.92 Å². The number of aromatic nitrogens is 2. The van der Waals surface area contributed by atoms with Crippen molar-refractivity contribution in [2.24, 2.45) is 5.92 Å². The molecule has 0 saturated heterocycles. The summed E-state index contributed by atoms with van der Waals surface area (Å²) in [6.07, 6.45) is 4.78. The van der Waals surface area contributed by atoms with Crippen LogP contribution in [-0.2, 0) is 0 Å². The van der Waals surface area contributed by atoms with Gasteiger partial charge in [0, 0.05) is 25.5 Å². The van der Waals surface area contributed by atoms with Gasteiger partial charge in [-0.25, -0.2) is 9.78 Å². The normalized spacial score (nSPS) is 12.9. The molecule has 0 aromatic carbocycles. The van der Waals surface area contributed by atoms with Crippen LogP contribution < -0.4 is 0 Å². The van der Waals surface area contributed by atoms with E-state index in [0.29, 0.717) is 5.92 Å². The van der Waals surface area contributed by atoms with Crippen LogP contribution in [0.1, 0.15) is 20.8 Å². The number of hydrogen-bond acceptors (Lipinski definition) is 2. The van der Waals surface area contributed by atoms with E-state index in [2.05, 4.69) is 18.8 Å². The van der Waals surface area contributed by atoms with Gasteiger partial charge >= 0.3 is 6.03 Å². The summed E-state index contributed by atoms with van der Waals surface area (Å²) in [6, 6.07) is 0.189. The summed E-state index contributed by atoms with van der Waals surface area (Å²) >= 11 is 0. The Morgan fingerprint density at radius 2 is 2.07 bits per heavy atom. The lowest BCUT2D eigenvalue weighted by atomic mass is 10.1. The second kappa shape index (κ2) is 4.26. The summed E-state index contributed by atoms with van der Waals surface area (Å²) in [4.78, 5) is 17.4. The van der Waals surface area contributed by atoms with Crippen LogP contribution in [0.4, 0.5) is 4.79 Å². The van der Waals surface area contributed by atoms with Crippen LogP contribution in [0.25, 0.3) is 0 Å². The number of imidazole rings is 1. The molecule has 1 unspecified atom stereocenters. The van der Waals surface area contributed by atoms with Crippen molar-refractivity contribution in [2.45, 2.75) is 26.8 Å². The number of hydrogen-bond donors (Lipinski definition) is 0. The molecule has 0 N–H and O–H groups in total. The van der Waals surface area contributed by atoms with Crippen LogP contribution in [-0.4, -0.2) is 33.6 Å². The third-order valence-electron chi connectivity index (χ3n) is 2.60. The topological polar surface area (TPSA) is 38.1 Å². The van der Waals surface area contributed by atoms with Crippen molar-refractivity contribution in [3.8, 4) is 0 Å². The lowest BCUT2D eigenvalue weighted by molar-refractivity contribution is 0.181. The first kappa shape index (κ1) is 10.8. The summed E-state index contributed by atoms with van der Waals surface area (Å²) < 4.78 is 1.48. The molecular formula is C10H17N3O. The smallest absolute Gasteiger partial charge is 0.324 e. The van der Waals surface area contributed by atoms with Crippen LogP contribution in [0.15, 0.2) is 18.7 Å².